The molecule has 110 valence electrons. The fourth-order valence-electron chi connectivity index (χ4n) is 2.81. The van der Waals surface area contributed by atoms with Gasteiger partial charge in [-0.3, -0.25) is 0 Å². The Kier molecular flexibility index (Phi) is 4.60. The molecule has 1 aliphatic heterocycles. The number of nitrogens with zero attached hydrogens (tertiary/aromatic N) is 3. The number of carbonyl (C=O) groups is 1. The summed E-state index contributed by atoms with van der Waals surface area (Å²) in [5.74, 6) is 0.739. The first-order valence-electron chi connectivity index (χ1n) is 7.08. The highest BCUT2D eigenvalue weighted by molar-refractivity contribution is 5.89. The normalized spacial score (nSPS) is 16.7. The Balaban J connectivity index is 2.00. The molecule has 5 nitrogen and oxygen atoms in total. The van der Waals surface area contributed by atoms with Gasteiger partial charge in [0.2, 0.25) is 0 Å². The van der Waals surface area contributed by atoms with E-state index in [1.807, 2.05) is 6.07 Å². The van der Waals surface area contributed by atoms with Crippen LogP contribution in [0.1, 0.15) is 28.9 Å². The number of hydrogen-bond acceptors (Lipinski definition) is 4. The minimum absolute atomic E-state index is 0.288. The molecule has 0 unspecified atom stereocenters. The van der Waals surface area contributed by atoms with Crippen LogP contribution in [0.2, 0.25) is 0 Å². The summed E-state index contributed by atoms with van der Waals surface area (Å²) >= 11 is 0. The first kappa shape index (κ1) is 14.8. The quantitative estimate of drug-likeness (QED) is 0.910. The van der Waals surface area contributed by atoms with E-state index in [0.717, 1.165) is 31.4 Å². The van der Waals surface area contributed by atoms with Crippen LogP contribution in [0.4, 0.5) is 5.82 Å². The lowest BCUT2D eigenvalue weighted by atomic mass is 9.96. The van der Waals surface area contributed by atoms with E-state index in [2.05, 4.69) is 28.9 Å². The second kappa shape index (κ2) is 6.22. The van der Waals surface area contributed by atoms with Gasteiger partial charge in [0.1, 0.15) is 5.82 Å². The van der Waals surface area contributed by atoms with Gasteiger partial charge in [0.05, 0.1) is 11.3 Å². The van der Waals surface area contributed by atoms with Crippen molar-refractivity contribution in [1.29, 1.82) is 0 Å². The number of carboxylic acid groups (broad SMARTS) is 1. The number of rotatable bonds is 4. The number of hydrogen-bond donors (Lipinski definition) is 1. The molecule has 0 spiro atoms. The molecule has 0 atom stereocenters. The highest BCUT2D eigenvalue weighted by atomic mass is 16.4. The molecule has 0 aromatic carbocycles. The highest BCUT2D eigenvalue weighted by Gasteiger charge is 2.21. The second-order valence-corrected chi connectivity index (χ2v) is 5.80. The average molecular weight is 277 g/mol. The van der Waals surface area contributed by atoms with Crippen molar-refractivity contribution in [2.24, 2.45) is 5.92 Å². The maximum absolute atomic E-state index is 11.0. The molecule has 1 fully saturated rings. The molecule has 0 radical (unpaired) electrons. The van der Waals surface area contributed by atoms with Gasteiger partial charge in [0.25, 0.3) is 0 Å². The minimum atomic E-state index is -0.911. The molecule has 0 amide bonds. The molecule has 1 N–H and O–H groups in total. The topological polar surface area (TPSA) is 56.7 Å². The van der Waals surface area contributed by atoms with Crippen molar-refractivity contribution < 1.29 is 9.90 Å². The molecular weight excluding hydrogens is 254 g/mol. The van der Waals surface area contributed by atoms with E-state index < -0.39 is 5.97 Å². The lowest BCUT2D eigenvalue weighted by Gasteiger charge is -2.34. The maximum Gasteiger partial charge on any atom is 0.337 e. The molecule has 2 rings (SSSR count). The van der Waals surface area contributed by atoms with Crippen LogP contribution in [0.25, 0.3) is 0 Å². The zero-order valence-electron chi connectivity index (χ0n) is 12.5. The van der Waals surface area contributed by atoms with Gasteiger partial charge in [-0.2, -0.15) is 0 Å². The first-order valence-corrected chi connectivity index (χ1v) is 7.08. The van der Waals surface area contributed by atoms with Crippen molar-refractivity contribution in [3.63, 3.8) is 0 Å². The Morgan fingerprint density at radius 1 is 1.40 bits per heavy atom. The monoisotopic (exact) mass is 277 g/mol. The predicted molar refractivity (Wildman–Crippen MR) is 79.4 cm³/mol. The van der Waals surface area contributed by atoms with Crippen molar-refractivity contribution in [3.8, 4) is 0 Å². The predicted octanol–water partition coefficient (Wildman–Crippen LogP) is 1.87. The standard InChI is InChI=1S/C15H23N3O2/c1-11-13(15(19)20)4-5-14(16-11)18-8-6-12(7-9-18)10-17(2)3/h4-5,12H,6-10H2,1-3H3,(H,19,20). The number of aryl methyl sites for hydroxylation is 1. The third-order valence-electron chi connectivity index (χ3n) is 3.86. The minimum Gasteiger partial charge on any atom is -0.478 e. The molecule has 20 heavy (non-hydrogen) atoms. The molecule has 5 heteroatoms. The Morgan fingerprint density at radius 2 is 2.05 bits per heavy atom. The van der Waals surface area contributed by atoms with Crippen LogP contribution < -0.4 is 4.90 Å². The van der Waals surface area contributed by atoms with Crippen molar-refractivity contribution in [1.82, 2.24) is 9.88 Å². The summed E-state index contributed by atoms with van der Waals surface area (Å²) in [6, 6.07) is 3.48. The van der Waals surface area contributed by atoms with Gasteiger partial charge in [-0.05, 0) is 51.9 Å². The van der Waals surface area contributed by atoms with Gasteiger partial charge < -0.3 is 14.9 Å². The van der Waals surface area contributed by atoms with Crippen LogP contribution in [0.15, 0.2) is 12.1 Å². The van der Waals surface area contributed by atoms with E-state index in [-0.39, 0.29) is 5.56 Å². The number of pyridine rings is 1. The zero-order chi connectivity index (χ0) is 14.7. The zero-order valence-corrected chi connectivity index (χ0v) is 12.5. The van der Waals surface area contributed by atoms with E-state index in [9.17, 15) is 4.79 Å². The number of aromatic carboxylic acids is 1. The van der Waals surface area contributed by atoms with Crippen LogP contribution in [0.3, 0.4) is 0 Å². The van der Waals surface area contributed by atoms with E-state index >= 15 is 0 Å². The van der Waals surface area contributed by atoms with Gasteiger partial charge in [0, 0.05) is 19.6 Å². The smallest absolute Gasteiger partial charge is 0.337 e. The Bertz CT molecular complexity index is 480. The number of anilines is 1. The van der Waals surface area contributed by atoms with Crippen molar-refractivity contribution in [3.05, 3.63) is 23.4 Å². The summed E-state index contributed by atoms with van der Waals surface area (Å²) < 4.78 is 0. The fraction of sp³-hybridized carbons (Fsp3) is 0.600. The molecule has 2 heterocycles. The van der Waals surface area contributed by atoms with E-state index in [1.54, 1.807) is 13.0 Å². The summed E-state index contributed by atoms with van der Waals surface area (Å²) in [5, 5.41) is 9.03. The van der Waals surface area contributed by atoms with Crippen LogP contribution >= 0.6 is 0 Å². The fourth-order valence-corrected chi connectivity index (χ4v) is 2.81. The average Bonchev–Trinajstić information content (AvgIpc) is 2.38. The summed E-state index contributed by atoms with van der Waals surface area (Å²) in [7, 11) is 4.23. The number of carboxylic acids is 1. The molecule has 0 aliphatic carbocycles. The second-order valence-electron chi connectivity index (χ2n) is 5.80. The van der Waals surface area contributed by atoms with Crippen molar-refractivity contribution >= 4 is 11.8 Å². The molecule has 1 aromatic rings. The van der Waals surface area contributed by atoms with Gasteiger partial charge in [-0.25, -0.2) is 9.78 Å². The van der Waals surface area contributed by atoms with E-state index in [1.165, 1.54) is 12.8 Å². The van der Waals surface area contributed by atoms with Gasteiger partial charge in [0.15, 0.2) is 0 Å². The largest absolute Gasteiger partial charge is 0.478 e. The summed E-state index contributed by atoms with van der Waals surface area (Å²) in [4.78, 5) is 19.9. The number of aromatic nitrogens is 1. The maximum atomic E-state index is 11.0. The van der Waals surface area contributed by atoms with Gasteiger partial charge >= 0.3 is 5.97 Å². The molecule has 0 bridgehead atoms. The van der Waals surface area contributed by atoms with E-state index in [0.29, 0.717) is 5.69 Å². The first-order chi connectivity index (χ1) is 9.47. The Labute approximate surface area is 120 Å². The Morgan fingerprint density at radius 3 is 2.55 bits per heavy atom. The molecular formula is C15H23N3O2. The van der Waals surface area contributed by atoms with E-state index in [4.69, 9.17) is 5.11 Å². The SMILES string of the molecule is Cc1nc(N2CCC(CN(C)C)CC2)ccc1C(=O)O. The third kappa shape index (κ3) is 3.48. The number of piperidine rings is 1. The summed E-state index contributed by atoms with van der Waals surface area (Å²) in [5.41, 5.74) is 0.877. The van der Waals surface area contributed by atoms with Gasteiger partial charge in [-0.15, -0.1) is 0 Å². The molecule has 1 saturated heterocycles. The lowest BCUT2D eigenvalue weighted by molar-refractivity contribution is 0.0695. The van der Waals surface area contributed by atoms with Crippen molar-refractivity contribution in [2.45, 2.75) is 19.8 Å². The van der Waals surface area contributed by atoms with Crippen LogP contribution in [-0.4, -0.2) is 54.7 Å². The molecule has 0 saturated carbocycles. The van der Waals surface area contributed by atoms with Crippen LogP contribution in [0.5, 0.6) is 0 Å². The molecule has 1 aliphatic rings. The summed E-state index contributed by atoms with van der Waals surface area (Å²) in [6.07, 6.45) is 2.33. The van der Waals surface area contributed by atoms with Crippen LogP contribution in [0, 0.1) is 12.8 Å². The van der Waals surface area contributed by atoms with Crippen LogP contribution in [-0.2, 0) is 0 Å². The molecule has 1 aromatic heterocycles. The Hall–Kier alpha value is -1.62. The highest BCUT2D eigenvalue weighted by Crippen LogP contribution is 2.23. The lowest BCUT2D eigenvalue weighted by Crippen LogP contribution is -2.37. The van der Waals surface area contributed by atoms with Crippen molar-refractivity contribution in [2.75, 3.05) is 38.6 Å². The summed E-state index contributed by atoms with van der Waals surface area (Å²) in [6.45, 7) is 4.89. The third-order valence-corrected chi connectivity index (χ3v) is 3.86. The van der Waals surface area contributed by atoms with Gasteiger partial charge in [-0.1, -0.05) is 0 Å².